The Morgan fingerprint density at radius 2 is 0.821 bits per heavy atom. The SMILES string of the molecule is Cc1c([C]2=C(c3ccccc3)C(c3ccccc3)=[C](c3sc4ccccc4c3C)[Ge]2([CH3])[CH3])sc2ccccc12. The second kappa shape index (κ2) is 9.48. The monoisotopic (exact) mass is 600 g/mol. The number of fused-ring (bicyclic) bond motifs is 2. The van der Waals surface area contributed by atoms with Crippen molar-refractivity contribution in [1.29, 1.82) is 0 Å². The zero-order valence-electron chi connectivity index (χ0n) is 22.7. The molecule has 4 aromatic carbocycles. The summed E-state index contributed by atoms with van der Waals surface area (Å²) in [5.41, 5.74) is 8.42. The minimum atomic E-state index is -2.87. The third-order valence-corrected chi connectivity index (χ3v) is 19.0. The molecule has 0 unspecified atom stereocenters. The summed E-state index contributed by atoms with van der Waals surface area (Å²) in [6.07, 6.45) is 0. The molecule has 0 radical (unpaired) electrons. The topological polar surface area (TPSA) is 0 Å². The maximum atomic E-state index is 2.64. The van der Waals surface area contributed by atoms with Crippen LogP contribution in [0.1, 0.15) is 32.0 Å². The number of hydrogen-bond acceptors (Lipinski definition) is 2. The molecular weight excluding hydrogens is 569 g/mol. The molecule has 0 fully saturated rings. The van der Waals surface area contributed by atoms with E-state index in [1.165, 1.54) is 63.3 Å². The van der Waals surface area contributed by atoms with Crippen molar-refractivity contribution in [1.82, 2.24) is 0 Å². The van der Waals surface area contributed by atoms with Crippen molar-refractivity contribution < 1.29 is 0 Å². The summed E-state index contributed by atoms with van der Waals surface area (Å²) in [7, 11) is 0. The van der Waals surface area contributed by atoms with E-state index in [-0.39, 0.29) is 0 Å². The summed E-state index contributed by atoms with van der Waals surface area (Å²) in [5.74, 6) is 5.27. The van der Waals surface area contributed by atoms with Crippen LogP contribution in [0.3, 0.4) is 0 Å². The minimum absolute atomic E-state index is 1.33. The third kappa shape index (κ3) is 3.84. The molecule has 0 saturated heterocycles. The number of allylic oxidation sites excluding steroid dienone is 2. The summed E-state index contributed by atoms with van der Waals surface area (Å²) in [6, 6.07) is 40.2. The van der Waals surface area contributed by atoms with Crippen LogP contribution in [0.5, 0.6) is 0 Å². The van der Waals surface area contributed by atoms with Gasteiger partial charge in [-0.05, 0) is 0 Å². The van der Waals surface area contributed by atoms with E-state index in [1.807, 2.05) is 22.7 Å². The molecule has 1 aliphatic heterocycles. The molecule has 0 N–H and O–H groups in total. The van der Waals surface area contributed by atoms with E-state index in [0.29, 0.717) is 0 Å². The van der Waals surface area contributed by atoms with Gasteiger partial charge in [0.05, 0.1) is 0 Å². The predicted molar refractivity (Wildman–Crippen MR) is 177 cm³/mol. The van der Waals surface area contributed by atoms with E-state index in [1.54, 1.807) is 8.81 Å². The van der Waals surface area contributed by atoms with Crippen molar-refractivity contribution in [2.45, 2.75) is 25.4 Å². The van der Waals surface area contributed by atoms with Crippen molar-refractivity contribution >= 4 is 76.1 Å². The van der Waals surface area contributed by atoms with Gasteiger partial charge in [0.1, 0.15) is 0 Å². The first-order valence-corrected chi connectivity index (χ1v) is 21.5. The van der Waals surface area contributed by atoms with Crippen LogP contribution in [-0.4, -0.2) is 13.3 Å². The maximum absolute atomic E-state index is 2.87. The first-order chi connectivity index (χ1) is 19.0. The molecule has 3 heterocycles. The summed E-state index contributed by atoms with van der Waals surface area (Å²) in [5, 5.41) is 2.78. The van der Waals surface area contributed by atoms with Crippen molar-refractivity contribution in [3.8, 4) is 0 Å². The van der Waals surface area contributed by atoms with Crippen LogP contribution in [0.2, 0.25) is 11.5 Å². The van der Waals surface area contributed by atoms with Gasteiger partial charge in [-0.25, -0.2) is 0 Å². The fourth-order valence-electron chi connectivity index (χ4n) is 6.41. The molecule has 0 bridgehead atoms. The van der Waals surface area contributed by atoms with E-state index in [0.717, 1.165) is 0 Å². The van der Waals surface area contributed by atoms with Gasteiger partial charge in [-0.2, -0.15) is 0 Å². The van der Waals surface area contributed by atoms with Gasteiger partial charge in [0, 0.05) is 0 Å². The Bertz CT molecular complexity index is 1790. The van der Waals surface area contributed by atoms with Gasteiger partial charge in [0.25, 0.3) is 0 Å². The van der Waals surface area contributed by atoms with Crippen LogP contribution >= 0.6 is 22.7 Å². The Morgan fingerprint density at radius 1 is 0.462 bits per heavy atom. The fourth-order valence-corrected chi connectivity index (χ4v) is 19.5. The second-order valence-electron chi connectivity index (χ2n) is 11.0. The Hall–Kier alpha value is -3.18. The van der Waals surface area contributed by atoms with Gasteiger partial charge in [0.2, 0.25) is 0 Å². The third-order valence-electron chi connectivity index (χ3n) is 8.27. The first kappa shape index (κ1) is 24.8. The fraction of sp³-hybridized carbons (Fsp3) is 0.111. The zero-order chi connectivity index (χ0) is 26.7. The molecule has 190 valence electrons. The molecule has 0 spiro atoms. The van der Waals surface area contributed by atoms with Gasteiger partial charge >= 0.3 is 243 Å². The summed E-state index contributed by atoms with van der Waals surface area (Å²) in [4.78, 5) is 2.98. The Labute approximate surface area is 241 Å². The van der Waals surface area contributed by atoms with E-state index >= 15 is 0 Å². The molecule has 2 aromatic heterocycles. The van der Waals surface area contributed by atoms with E-state index in [9.17, 15) is 0 Å². The Morgan fingerprint density at radius 3 is 1.21 bits per heavy atom. The number of hydrogen-bond donors (Lipinski definition) is 0. The van der Waals surface area contributed by atoms with Gasteiger partial charge < -0.3 is 0 Å². The molecular formula is C36H30GeS2. The number of aryl methyl sites for hydroxylation is 2. The summed E-state index contributed by atoms with van der Waals surface area (Å²) >= 11 is 1.11. The molecule has 7 rings (SSSR count). The quantitative estimate of drug-likeness (QED) is 0.177. The number of rotatable bonds is 4. The van der Waals surface area contributed by atoms with Crippen LogP contribution in [0.4, 0.5) is 0 Å². The average molecular weight is 599 g/mol. The summed E-state index contributed by atoms with van der Waals surface area (Å²) < 4.78 is 6.03. The molecule has 6 aromatic rings. The molecule has 0 nitrogen and oxygen atoms in total. The Kier molecular flexibility index (Phi) is 6.04. The zero-order valence-corrected chi connectivity index (χ0v) is 26.4. The van der Waals surface area contributed by atoms with Gasteiger partial charge in [-0.15, -0.1) is 0 Å². The van der Waals surface area contributed by atoms with Gasteiger partial charge in [-0.3, -0.25) is 0 Å². The van der Waals surface area contributed by atoms with Crippen LogP contribution in [0.15, 0.2) is 109 Å². The van der Waals surface area contributed by atoms with E-state index < -0.39 is 13.3 Å². The molecule has 0 aliphatic carbocycles. The van der Waals surface area contributed by atoms with Gasteiger partial charge in [0.15, 0.2) is 0 Å². The molecule has 0 saturated carbocycles. The molecule has 0 amide bonds. The molecule has 1 aliphatic rings. The first-order valence-electron chi connectivity index (χ1n) is 13.5. The standard InChI is InChI=1S/C36H30GeS2/c1-23-27-19-11-13-21-29(27)38-35(23)33-31(25-15-7-5-8-16-25)32(26-17-9-6-10-18-26)34(37(33,3)4)36-24(2)28-20-12-14-22-30(28)39-36/h5-22H,1-4H3. The average Bonchev–Trinajstić information content (AvgIpc) is 3.55. The van der Waals surface area contributed by atoms with Crippen LogP contribution in [-0.2, 0) is 0 Å². The van der Waals surface area contributed by atoms with Gasteiger partial charge in [-0.1, -0.05) is 0 Å². The Balaban J connectivity index is 1.64. The normalized spacial score (nSPS) is 15.2. The molecule has 39 heavy (non-hydrogen) atoms. The van der Waals surface area contributed by atoms with Crippen LogP contribution in [0.25, 0.3) is 40.1 Å². The van der Waals surface area contributed by atoms with E-state index in [2.05, 4.69) is 135 Å². The van der Waals surface area contributed by atoms with Crippen molar-refractivity contribution in [3.63, 3.8) is 0 Å². The van der Waals surface area contributed by atoms with E-state index in [4.69, 9.17) is 0 Å². The van der Waals surface area contributed by atoms with Crippen LogP contribution in [0, 0.1) is 13.8 Å². The van der Waals surface area contributed by atoms with Crippen molar-refractivity contribution in [2.24, 2.45) is 0 Å². The number of thiophene rings is 2. The number of benzene rings is 4. The second-order valence-corrected chi connectivity index (χ2v) is 22.0. The van der Waals surface area contributed by atoms with Crippen LogP contribution < -0.4 is 0 Å². The molecule has 0 atom stereocenters. The van der Waals surface area contributed by atoms with Crippen molar-refractivity contribution in [3.05, 3.63) is 141 Å². The summed E-state index contributed by atoms with van der Waals surface area (Å²) in [6.45, 7) is 4.68. The van der Waals surface area contributed by atoms with Crippen molar-refractivity contribution in [2.75, 3.05) is 0 Å². The molecule has 3 heteroatoms. The predicted octanol–water partition coefficient (Wildman–Crippen LogP) is 11.1.